The number of carbonyl (C=O) groups is 2. The number of benzene rings is 2. The Labute approximate surface area is 156 Å². The lowest BCUT2D eigenvalue weighted by molar-refractivity contribution is -0.118. The third-order valence-electron chi connectivity index (χ3n) is 3.87. The van der Waals surface area contributed by atoms with Crippen molar-refractivity contribution < 1.29 is 23.1 Å². The largest absolute Gasteiger partial charge is 0.447 e. The van der Waals surface area contributed by atoms with Gasteiger partial charge in [-0.3, -0.25) is 4.79 Å². The molecule has 144 valence electrons. The minimum Gasteiger partial charge on any atom is -0.447 e. The molecule has 0 spiro atoms. The average Bonchev–Trinajstić information content (AvgIpc) is 2.58. The van der Waals surface area contributed by atoms with E-state index in [1.54, 1.807) is 13.8 Å². The van der Waals surface area contributed by atoms with Gasteiger partial charge in [0.1, 0.15) is 6.04 Å². The molecule has 2 aromatic carbocycles. The summed E-state index contributed by atoms with van der Waals surface area (Å²) in [5.41, 5.74) is 2.35. The van der Waals surface area contributed by atoms with Gasteiger partial charge in [-0.15, -0.1) is 0 Å². The molecular weight excluding hydrogens is 354 g/mol. The summed E-state index contributed by atoms with van der Waals surface area (Å²) in [5, 5.41) is 5.15. The molecule has 0 radical (unpaired) electrons. The molecule has 0 bridgehead atoms. The number of alkyl carbamates (subject to hydrolysis) is 1. The molecule has 2 aromatic rings. The highest BCUT2D eigenvalue weighted by Gasteiger charge is 2.26. The van der Waals surface area contributed by atoms with Crippen LogP contribution in [0.2, 0.25) is 0 Å². The van der Waals surface area contributed by atoms with Gasteiger partial charge in [0.05, 0.1) is 6.10 Å². The maximum atomic E-state index is 13.7. The lowest BCUT2D eigenvalue weighted by Crippen LogP contribution is -2.38. The van der Waals surface area contributed by atoms with Gasteiger partial charge in [-0.05, 0) is 56.5 Å². The highest BCUT2D eigenvalue weighted by Crippen LogP contribution is 2.23. The molecule has 0 saturated heterocycles. The van der Waals surface area contributed by atoms with Crippen LogP contribution in [-0.4, -0.2) is 18.1 Å². The highest BCUT2D eigenvalue weighted by molar-refractivity contribution is 5.98. The molecule has 1 unspecified atom stereocenters. The molecule has 0 heterocycles. The quantitative estimate of drug-likeness (QED) is 0.813. The fraction of sp³-hybridized carbons (Fsp3) is 0.300. The van der Waals surface area contributed by atoms with Crippen molar-refractivity contribution in [1.82, 2.24) is 5.32 Å². The minimum absolute atomic E-state index is 0.0957. The number of anilines is 1. The van der Waals surface area contributed by atoms with Crippen molar-refractivity contribution in [1.29, 1.82) is 0 Å². The van der Waals surface area contributed by atoms with Gasteiger partial charge in [-0.2, -0.15) is 0 Å². The lowest BCUT2D eigenvalue weighted by atomic mass is 10.0. The van der Waals surface area contributed by atoms with Gasteiger partial charge >= 0.3 is 6.09 Å². The number of halogens is 2. The molecule has 0 saturated carbocycles. The van der Waals surface area contributed by atoms with Crippen LogP contribution in [0.15, 0.2) is 36.4 Å². The monoisotopic (exact) mass is 376 g/mol. The van der Waals surface area contributed by atoms with Gasteiger partial charge in [-0.25, -0.2) is 13.6 Å². The van der Waals surface area contributed by atoms with E-state index in [1.165, 1.54) is 6.07 Å². The van der Waals surface area contributed by atoms with E-state index in [0.717, 1.165) is 23.3 Å². The molecule has 0 aromatic heterocycles. The van der Waals surface area contributed by atoms with E-state index in [1.807, 2.05) is 32.0 Å². The van der Waals surface area contributed by atoms with E-state index in [0.29, 0.717) is 5.69 Å². The molecule has 2 N–H and O–H groups in total. The van der Waals surface area contributed by atoms with Crippen molar-refractivity contribution in [3.05, 3.63) is 64.7 Å². The summed E-state index contributed by atoms with van der Waals surface area (Å²) in [6.07, 6.45) is -1.24. The fourth-order valence-electron chi connectivity index (χ4n) is 2.57. The van der Waals surface area contributed by atoms with Crippen LogP contribution in [0.25, 0.3) is 0 Å². The summed E-state index contributed by atoms with van der Waals surface area (Å²) < 4.78 is 31.9. The highest BCUT2D eigenvalue weighted by atomic mass is 19.2. The zero-order chi connectivity index (χ0) is 20.1. The Morgan fingerprint density at radius 2 is 1.63 bits per heavy atom. The number of aryl methyl sites for hydroxylation is 2. The van der Waals surface area contributed by atoms with E-state index in [-0.39, 0.29) is 5.56 Å². The minimum atomic E-state index is -1.26. The Morgan fingerprint density at radius 1 is 1.00 bits per heavy atom. The van der Waals surface area contributed by atoms with Crippen LogP contribution >= 0.6 is 0 Å². The third kappa shape index (κ3) is 5.26. The van der Waals surface area contributed by atoms with Gasteiger partial charge in [0, 0.05) is 5.69 Å². The first-order chi connectivity index (χ1) is 12.7. The standard InChI is InChI=1S/C20H22F2N2O3/c1-11(2)27-20(26)24-18(14-8-9-15(21)16(22)10-14)19(25)23-17-12(3)6-5-7-13(17)4/h5-11,18H,1-4H3,(H,23,25)(H,24,26). The molecule has 0 fully saturated rings. The molecule has 0 aliphatic rings. The predicted molar refractivity (Wildman–Crippen MR) is 98.4 cm³/mol. The summed E-state index contributed by atoms with van der Waals surface area (Å²) in [6.45, 7) is 6.97. The lowest BCUT2D eigenvalue weighted by Gasteiger charge is -2.21. The zero-order valence-corrected chi connectivity index (χ0v) is 15.6. The van der Waals surface area contributed by atoms with Crippen molar-refractivity contribution in [2.24, 2.45) is 0 Å². The average molecular weight is 376 g/mol. The first-order valence-electron chi connectivity index (χ1n) is 8.48. The van der Waals surface area contributed by atoms with Crippen molar-refractivity contribution in [3.63, 3.8) is 0 Å². The van der Waals surface area contributed by atoms with Gasteiger partial charge in [-0.1, -0.05) is 24.3 Å². The van der Waals surface area contributed by atoms with Crippen LogP contribution in [0.3, 0.4) is 0 Å². The molecule has 5 nitrogen and oxygen atoms in total. The molecule has 1 atom stereocenters. The fourth-order valence-corrected chi connectivity index (χ4v) is 2.57. The Balaban J connectivity index is 2.34. The second-order valence-electron chi connectivity index (χ2n) is 6.46. The van der Waals surface area contributed by atoms with Crippen molar-refractivity contribution >= 4 is 17.7 Å². The van der Waals surface area contributed by atoms with Crippen molar-refractivity contribution in [2.45, 2.75) is 39.8 Å². The van der Waals surface area contributed by atoms with Gasteiger partial charge < -0.3 is 15.4 Å². The molecule has 0 aliphatic heterocycles. The third-order valence-corrected chi connectivity index (χ3v) is 3.87. The smallest absolute Gasteiger partial charge is 0.408 e. The SMILES string of the molecule is Cc1cccc(C)c1NC(=O)C(NC(=O)OC(C)C)c1ccc(F)c(F)c1. The van der Waals surface area contributed by atoms with E-state index in [4.69, 9.17) is 4.74 Å². The topological polar surface area (TPSA) is 67.4 Å². The maximum Gasteiger partial charge on any atom is 0.408 e. The second kappa shape index (κ2) is 8.62. The summed E-state index contributed by atoms with van der Waals surface area (Å²) in [6, 6.07) is 7.27. The van der Waals surface area contributed by atoms with Crippen molar-refractivity contribution in [2.75, 3.05) is 5.32 Å². The summed E-state index contributed by atoms with van der Waals surface area (Å²) >= 11 is 0. The summed E-state index contributed by atoms with van der Waals surface area (Å²) in [4.78, 5) is 24.8. The first kappa shape index (κ1) is 20.4. The summed E-state index contributed by atoms with van der Waals surface area (Å²) in [7, 11) is 0. The number of para-hydroxylation sites is 1. The molecule has 27 heavy (non-hydrogen) atoms. The van der Waals surface area contributed by atoms with Gasteiger partial charge in [0.15, 0.2) is 11.6 Å². The number of hydrogen-bond donors (Lipinski definition) is 2. The van der Waals surface area contributed by atoms with Gasteiger partial charge in [0.25, 0.3) is 5.91 Å². The van der Waals surface area contributed by atoms with E-state index < -0.39 is 35.8 Å². The van der Waals surface area contributed by atoms with E-state index in [2.05, 4.69) is 10.6 Å². The summed E-state index contributed by atoms with van der Waals surface area (Å²) in [5.74, 6) is -2.76. The molecule has 7 heteroatoms. The second-order valence-corrected chi connectivity index (χ2v) is 6.46. The Hall–Kier alpha value is -2.96. The number of amides is 2. The van der Waals surface area contributed by atoms with Crippen LogP contribution in [0, 0.1) is 25.5 Å². The molecule has 2 rings (SSSR count). The molecule has 0 aliphatic carbocycles. The van der Waals surface area contributed by atoms with Crippen LogP contribution in [-0.2, 0) is 9.53 Å². The van der Waals surface area contributed by atoms with E-state index in [9.17, 15) is 18.4 Å². The number of nitrogens with one attached hydrogen (secondary N) is 2. The molecule has 2 amide bonds. The van der Waals surface area contributed by atoms with E-state index >= 15 is 0 Å². The van der Waals surface area contributed by atoms with Crippen LogP contribution in [0.1, 0.15) is 36.6 Å². The predicted octanol–water partition coefficient (Wildman–Crippen LogP) is 4.40. The number of carbonyl (C=O) groups excluding carboxylic acids is 2. The van der Waals surface area contributed by atoms with Crippen LogP contribution < -0.4 is 10.6 Å². The van der Waals surface area contributed by atoms with Crippen molar-refractivity contribution in [3.8, 4) is 0 Å². The normalized spacial score (nSPS) is 11.8. The van der Waals surface area contributed by atoms with Crippen LogP contribution in [0.5, 0.6) is 0 Å². The Kier molecular flexibility index (Phi) is 6.50. The molecular formula is C20H22F2N2O3. The zero-order valence-electron chi connectivity index (χ0n) is 15.6. The number of rotatable bonds is 5. The number of ether oxygens (including phenoxy) is 1. The first-order valence-corrected chi connectivity index (χ1v) is 8.48. The number of hydrogen-bond acceptors (Lipinski definition) is 3. The van der Waals surface area contributed by atoms with Gasteiger partial charge in [0.2, 0.25) is 0 Å². The van der Waals surface area contributed by atoms with Crippen LogP contribution in [0.4, 0.5) is 19.3 Å². The Morgan fingerprint density at radius 3 is 2.19 bits per heavy atom. The Bertz CT molecular complexity index is 833. The maximum absolute atomic E-state index is 13.7.